The monoisotopic (exact) mass is 524 g/mol. The van der Waals surface area contributed by atoms with E-state index in [1.807, 2.05) is 6.92 Å². The summed E-state index contributed by atoms with van der Waals surface area (Å²) in [6.07, 6.45) is 1.77. The van der Waals surface area contributed by atoms with Gasteiger partial charge in [-0.2, -0.15) is 0 Å². The van der Waals surface area contributed by atoms with Crippen LogP contribution in [0.2, 0.25) is 6.04 Å². The smallest absolute Gasteiger partial charge is 0.311 e. The van der Waals surface area contributed by atoms with Gasteiger partial charge < -0.3 is 18.6 Å². The van der Waals surface area contributed by atoms with Crippen LogP contribution in [0, 0.1) is 11.3 Å². The van der Waals surface area contributed by atoms with E-state index in [1.165, 1.54) is 0 Å². The number of rotatable bonds is 14. The largest absolute Gasteiger partial charge is 0.748 e. The van der Waals surface area contributed by atoms with Gasteiger partial charge in [0.25, 0.3) is 0 Å². The van der Waals surface area contributed by atoms with E-state index in [2.05, 4.69) is 0 Å². The molecule has 4 radical (unpaired) electrons. The molecule has 1 atom stereocenters. The number of esters is 1. The zero-order valence-electron chi connectivity index (χ0n) is 17.8. The Morgan fingerprint density at radius 1 is 1.21 bits per heavy atom. The first-order valence-corrected chi connectivity index (χ1v) is 11.8. The molecule has 0 aliphatic carbocycles. The number of carbonyl (C=O) groups is 2. The second-order valence-electron chi connectivity index (χ2n) is 7.16. The zero-order valence-corrected chi connectivity index (χ0v) is 22.5. The first-order valence-electron chi connectivity index (χ1n) is 9.06. The Hall–Kier alpha value is 0.196. The summed E-state index contributed by atoms with van der Waals surface area (Å²) < 4.78 is 41.8. The third kappa shape index (κ3) is 15.6. The van der Waals surface area contributed by atoms with E-state index >= 15 is 0 Å². The average Bonchev–Trinajstić information content (AvgIpc) is 2.58. The molecule has 0 fully saturated rings. The van der Waals surface area contributed by atoms with Gasteiger partial charge in [-0.25, -0.2) is 8.42 Å². The van der Waals surface area contributed by atoms with Crippen LogP contribution in [0.25, 0.3) is 0 Å². The van der Waals surface area contributed by atoms with Crippen LogP contribution in [-0.4, -0.2) is 72.6 Å². The van der Waals surface area contributed by atoms with Crippen LogP contribution >= 0.6 is 0 Å². The van der Waals surface area contributed by atoms with Crippen molar-refractivity contribution in [3.8, 4) is 0 Å². The molecule has 0 aromatic rings. The van der Waals surface area contributed by atoms with Crippen molar-refractivity contribution in [1.82, 2.24) is 4.90 Å². The quantitative estimate of drug-likeness (QED) is 0.146. The number of ether oxygens (including phenoxy) is 1. The Morgan fingerprint density at radius 3 is 2.28 bits per heavy atom. The maximum absolute atomic E-state index is 12.7. The molecule has 0 aliphatic rings. The summed E-state index contributed by atoms with van der Waals surface area (Å²) in [5.74, 6) is -1.37. The van der Waals surface area contributed by atoms with Gasteiger partial charge in [0, 0.05) is 69.5 Å². The Kier molecular flexibility index (Phi) is 19.6. The molecule has 0 heterocycles. The molecular weight excluding hydrogens is 492 g/mol. The Bertz CT molecular complexity index is 576. The van der Waals surface area contributed by atoms with Gasteiger partial charge in [0.2, 0.25) is 15.7 Å². The van der Waals surface area contributed by atoms with Crippen LogP contribution < -0.4 is 0 Å². The molecule has 0 aliphatic heterocycles. The molecule has 0 aromatic heterocycles. The van der Waals surface area contributed by atoms with Gasteiger partial charge in [-0.1, -0.05) is 6.92 Å². The number of hydrogen-bond acceptors (Lipinski definition) is 7. The SMILES string of the molecule is CCC(CC(C)(C)C(=O)OCCCS(=O)(=O)[O-])C(=O)N(C)CCC[Si]OC.[V].[V]. The summed E-state index contributed by atoms with van der Waals surface area (Å²) >= 11 is 0. The van der Waals surface area contributed by atoms with Crippen molar-refractivity contribution in [2.24, 2.45) is 11.3 Å². The second kappa shape index (κ2) is 16.8. The normalized spacial score (nSPS) is 12.3. The third-order valence-corrected chi connectivity index (χ3v) is 5.85. The van der Waals surface area contributed by atoms with Crippen LogP contribution in [-0.2, 0) is 66.0 Å². The summed E-state index contributed by atoms with van der Waals surface area (Å²) in [6.45, 7) is 5.82. The van der Waals surface area contributed by atoms with Crippen LogP contribution in [0.1, 0.15) is 46.5 Å². The molecule has 0 N–H and O–H groups in total. The van der Waals surface area contributed by atoms with Gasteiger partial charge in [0.05, 0.1) is 22.1 Å². The van der Waals surface area contributed by atoms with Crippen molar-refractivity contribution in [2.75, 3.05) is 33.1 Å². The summed E-state index contributed by atoms with van der Waals surface area (Å²) in [6, 6.07) is 0.905. The fourth-order valence-corrected chi connectivity index (χ4v) is 3.59. The molecule has 0 spiro atoms. The first kappa shape index (κ1) is 33.8. The minimum absolute atomic E-state index is 0. The maximum Gasteiger partial charge on any atom is 0.311 e. The topological polar surface area (TPSA) is 113 Å². The Balaban J connectivity index is -0.00000338. The minimum Gasteiger partial charge on any atom is -0.748 e. The van der Waals surface area contributed by atoms with Gasteiger partial charge in [-0.05, 0) is 45.6 Å². The maximum atomic E-state index is 12.7. The molecule has 1 amide bonds. The van der Waals surface area contributed by atoms with Crippen molar-refractivity contribution in [3.63, 3.8) is 0 Å². The van der Waals surface area contributed by atoms with Crippen LogP contribution in [0.5, 0.6) is 0 Å². The number of hydrogen-bond donors (Lipinski definition) is 0. The second-order valence-corrected chi connectivity index (χ2v) is 9.88. The van der Waals surface area contributed by atoms with Gasteiger partial charge >= 0.3 is 5.97 Å². The van der Waals surface area contributed by atoms with Crippen molar-refractivity contribution < 1.29 is 68.8 Å². The number of carbonyl (C=O) groups excluding carboxylic acids is 2. The summed E-state index contributed by atoms with van der Waals surface area (Å²) in [5, 5.41) is 0. The number of amides is 1. The molecule has 168 valence electrons. The molecule has 1 unspecified atom stereocenters. The summed E-state index contributed by atoms with van der Waals surface area (Å²) in [5.41, 5.74) is -0.884. The summed E-state index contributed by atoms with van der Waals surface area (Å²) in [4.78, 5) is 26.6. The summed E-state index contributed by atoms with van der Waals surface area (Å²) in [7, 11) is -0.468. The van der Waals surface area contributed by atoms with Crippen LogP contribution in [0.3, 0.4) is 0 Å². The van der Waals surface area contributed by atoms with E-state index in [0.29, 0.717) is 29.1 Å². The Labute approximate surface area is 201 Å². The fraction of sp³-hybridized carbons (Fsp3) is 0.882. The molecule has 12 heteroatoms. The first-order chi connectivity index (χ1) is 12.4. The van der Waals surface area contributed by atoms with Gasteiger partial charge in [0.15, 0.2) is 0 Å². The Morgan fingerprint density at radius 2 is 1.79 bits per heavy atom. The molecule has 0 aromatic carbocycles. The van der Waals surface area contributed by atoms with Crippen molar-refractivity contribution in [3.05, 3.63) is 0 Å². The molecular formula is C17H32NO7SSiV2-. The fourth-order valence-electron chi connectivity index (χ4n) is 2.61. The van der Waals surface area contributed by atoms with Gasteiger partial charge in [0.1, 0.15) is 0 Å². The van der Waals surface area contributed by atoms with Gasteiger partial charge in [-0.15, -0.1) is 0 Å². The predicted molar refractivity (Wildman–Crippen MR) is 102 cm³/mol. The minimum atomic E-state index is -4.31. The van der Waals surface area contributed by atoms with Crippen LogP contribution in [0.4, 0.5) is 0 Å². The van der Waals surface area contributed by atoms with Crippen molar-refractivity contribution >= 4 is 31.8 Å². The van der Waals surface area contributed by atoms with Crippen molar-refractivity contribution in [2.45, 2.75) is 52.5 Å². The molecule has 0 saturated carbocycles. The predicted octanol–water partition coefficient (Wildman–Crippen LogP) is 1.43. The van der Waals surface area contributed by atoms with E-state index in [1.54, 1.807) is 32.9 Å². The van der Waals surface area contributed by atoms with E-state index in [9.17, 15) is 22.6 Å². The standard InChI is InChI=1S/C17H33NO7SSi.2V/c1-6-14(15(19)18(4)9-7-12-27-24-5)13-17(2,3)16(20)25-10-8-11-26(21,22)23;;/h14H,6-13H2,1-5H3,(H,21,22,23);;/p-1. The third-order valence-electron chi connectivity index (χ3n) is 4.22. The molecule has 0 rings (SSSR count). The molecule has 0 bridgehead atoms. The van der Waals surface area contributed by atoms with E-state index < -0.39 is 27.3 Å². The zero-order chi connectivity index (χ0) is 21.1. The average molecular weight is 524 g/mol. The van der Waals surface area contributed by atoms with E-state index in [0.717, 1.165) is 12.5 Å². The molecule has 8 nitrogen and oxygen atoms in total. The molecule has 29 heavy (non-hydrogen) atoms. The van der Waals surface area contributed by atoms with E-state index in [4.69, 9.17) is 9.16 Å². The van der Waals surface area contributed by atoms with Crippen LogP contribution in [0.15, 0.2) is 0 Å². The van der Waals surface area contributed by atoms with Crippen molar-refractivity contribution in [1.29, 1.82) is 0 Å². The van der Waals surface area contributed by atoms with E-state index in [-0.39, 0.29) is 62.0 Å². The number of nitrogens with zero attached hydrogens (tertiary/aromatic N) is 1. The molecule has 0 saturated heterocycles. The van der Waals surface area contributed by atoms with Gasteiger partial charge in [-0.3, -0.25) is 9.59 Å².